The van der Waals surface area contributed by atoms with Crippen LogP contribution in [-0.2, 0) is 6.42 Å². The first-order chi connectivity index (χ1) is 6.86. The van der Waals surface area contributed by atoms with Crippen molar-refractivity contribution in [2.75, 3.05) is 6.61 Å². The van der Waals surface area contributed by atoms with Crippen LogP contribution in [0, 0.1) is 12.3 Å². The first-order valence-corrected chi connectivity index (χ1v) is 4.63. The second-order valence-corrected chi connectivity index (χ2v) is 2.96. The first-order valence-electron chi connectivity index (χ1n) is 4.63. The maximum absolute atomic E-state index is 5.26. The van der Waals surface area contributed by atoms with E-state index in [1.807, 2.05) is 18.2 Å². The Balaban J connectivity index is 2.51. The molecule has 0 unspecified atom stereocenters. The Labute approximate surface area is 85.4 Å². The van der Waals surface area contributed by atoms with Crippen LogP contribution in [0.25, 0.3) is 0 Å². The molecule has 0 saturated heterocycles. The highest BCUT2D eigenvalue weighted by Crippen LogP contribution is 2.13. The van der Waals surface area contributed by atoms with E-state index >= 15 is 0 Å². The van der Waals surface area contributed by atoms with E-state index in [1.54, 1.807) is 0 Å². The minimum atomic E-state index is 0.325. The highest BCUT2D eigenvalue weighted by molar-refractivity contribution is 5.27. The summed E-state index contributed by atoms with van der Waals surface area (Å²) in [5.74, 6) is 3.25. The molecular formula is C13H14O. The molecule has 0 aliphatic carbocycles. The fraction of sp³-hybridized carbons (Fsp3) is 0.231. The average molecular weight is 186 g/mol. The van der Waals surface area contributed by atoms with Crippen LogP contribution in [0.15, 0.2) is 36.9 Å². The smallest absolute Gasteiger partial charge is 0.148 e. The van der Waals surface area contributed by atoms with Gasteiger partial charge in [-0.2, -0.15) is 0 Å². The molecule has 0 atom stereocenters. The maximum atomic E-state index is 5.26. The van der Waals surface area contributed by atoms with Crippen molar-refractivity contribution in [1.82, 2.24) is 0 Å². The van der Waals surface area contributed by atoms with Crippen LogP contribution in [-0.4, -0.2) is 6.61 Å². The third-order valence-electron chi connectivity index (χ3n) is 1.88. The Bertz CT molecular complexity index is 316. The van der Waals surface area contributed by atoms with Gasteiger partial charge in [0.25, 0.3) is 0 Å². The molecule has 1 rings (SSSR count). The highest BCUT2D eigenvalue weighted by atomic mass is 16.5. The quantitative estimate of drug-likeness (QED) is 0.507. The van der Waals surface area contributed by atoms with Crippen molar-refractivity contribution in [3.8, 4) is 18.1 Å². The molecule has 14 heavy (non-hydrogen) atoms. The second-order valence-electron chi connectivity index (χ2n) is 2.96. The minimum absolute atomic E-state index is 0.325. The third-order valence-corrected chi connectivity index (χ3v) is 1.88. The van der Waals surface area contributed by atoms with E-state index in [9.17, 15) is 0 Å². The molecule has 0 saturated carbocycles. The minimum Gasteiger partial charge on any atom is -0.481 e. The summed E-state index contributed by atoms with van der Waals surface area (Å²) < 4.78 is 5.26. The highest BCUT2D eigenvalue weighted by Gasteiger charge is 1.93. The molecule has 72 valence electrons. The van der Waals surface area contributed by atoms with Gasteiger partial charge >= 0.3 is 0 Å². The van der Waals surface area contributed by atoms with Crippen LogP contribution >= 0.6 is 0 Å². The molecule has 1 nitrogen and oxygen atoms in total. The third kappa shape index (κ3) is 3.37. The predicted octanol–water partition coefficient (Wildman–Crippen LogP) is 2.82. The fourth-order valence-corrected chi connectivity index (χ4v) is 1.15. The van der Waals surface area contributed by atoms with Gasteiger partial charge in [-0.15, -0.1) is 13.0 Å². The molecule has 0 spiro atoms. The van der Waals surface area contributed by atoms with E-state index in [0.29, 0.717) is 6.61 Å². The molecule has 1 aromatic rings. The van der Waals surface area contributed by atoms with Crippen molar-refractivity contribution in [3.05, 3.63) is 42.5 Å². The Morgan fingerprint density at radius 1 is 1.36 bits per heavy atom. The Hall–Kier alpha value is -1.68. The molecule has 0 heterocycles. The van der Waals surface area contributed by atoms with Crippen molar-refractivity contribution >= 4 is 0 Å². The van der Waals surface area contributed by atoms with E-state index in [0.717, 1.165) is 18.6 Å². The molecule has 0 aromatic heterocycles. The summed E-state index contributed by atoms with van der Waals surface area (Å²) in [6.45, 7) is 4.01. The topological polar surface area (TPSA) is 9.23 Å². The van der Waals surface area contributed by atoms with Crippen LogP contribution < -0.4 is 4.74 Å². The zero-order chi connectivity index (χ0) is 10.2. The van der Waals surface area contributed by atoms with E-state index in [2.05, 4.69) is 24.6 Å². The van der Waals surface area contributed by atoms with Crippen molar-refractivity contribution in [2.24, 2.45) is 0 Å². The number of ether oxygens (including phenoxy) is 1. The van der Waals surface area contributed by atoms with Crippen molar-refractivity contribution in [2.45, 2.75) is 12.8 Å². The molecule has 0 aliphatic heterocycles. The summed E-state index contributed by atoms with van der Waals surface area (Å²) in [7, 11) is 0. The van der Waals surface area contributed by atoms with Crippen LogP contribution in [0.3, 0.4) is 0 Å². The number of aryl methyl sites for hydroxylation is 1. The van der Waals surface area contributed by atoms with Crippen molar-refractivity contribution in [3.63, 3.8) is 0 Å². The molecular weight excluding hydrogens is 172 g/mol. The van der Waals surface area contributed by atoms with E-state index in [4.69, 9.17) is 11.2 Å². The van der Waals surface area contributed by atoms with Gasteiger partial charge in [-0.1, -0.05) is 24.1 Å². The summed E-state index contributed by atoms with van der Waals surface area (Å²) in [4.78, 5) is 0. The molecule has 1 aromatic carbocycles. The van der Waals surface area contributed by atoms with Gasteiger partial charge in [-0.25, -0.2) is 0 Å². The van der Waals surface area contributed by atoms with Gasteiger partial charge < -0.3 is 4.74 Å². The van der Waals surface area contributed by atoms with Crippen LogP contribution in [0.1, 0.15) is 12.0 Å². The van der Waals surface area contributed by atoms with E-state index in [-0.39, 0.29) is 0 Å². The summed E-state index contributed by atoms with van der Waals surface area (Å²) in [5, 5.41) is 0. The Morgan fingerprint density at radius 3 is 2.64 bits per heavy atom. The number of hydrogen-bond donors (Lipinski definition) is 0. The van der Waals surface area contributed by atoms with Gasteiger partial charge in [-0.3, -0.25) is 0 Å². The zero-order valence-corrected chi connectivity index (χ0v) is 8.20. The maximum Gasteiger partial charge on any atom is 0.148 e. The predicted molar refractivity (Wildman–Crippen MR) is 59.3 cm³/mol. The lowest BCUT2D eigenvalue weighted by molar-refractivity contribution is 0.370. The Morgan fingerprint density at radius 2 is 2.07 bits per heavy atom. The number of rotatable bonds is 5. The largest absolute Gasteiger partial charge is 0.481 e. The lowest BCUT2D eigenvalue weighted by Crippen LogP contribution is -1.93. The Kier molecular flexibility index (Phi) is 4.37. The van der Waals surface area contributed by atoms with Gasteiger partial charge in [0.15, 0.2) is 0 Å². The molecule has 0 amide bonds. The first kappa shape index (κ1) is 10.4. The molecule has 0 N–H and O–H groups in total. The van der Waals surface area contributed by atoms with Crippen LogP contribution in [0.5, 0.6) is 5.75 Å². The summed E-state index contributed by atoms with van der Waals surface area (Å²) >= 11 is 0. The average Bonchev–Trinajstić information content (AvgIpc) is 2.25. The molecule has 0 radical (unpaired) electrons. The van der Waals surface area contributed by atoms with E-state index < -0.39 is 0 Å². The molecule has 0 bridgehead atoms. The number of benzene rings is 1. The standard InChI is InChI=1S/C13H14O/c1-3-5-6-12-7-9-13(10-8-12)14-11-4-2/h2-3,7-10H,1,5-6,11H2. The van der Waals surface area contributed by atoms with Crippen LogP contribution in [0.2, 0.25) is 0 Å². The zero-order valence-electron chi connectivity index (χ0n) is 8.20. The van der Waals surface area contributed by atoms with Crippen molar-refractivity contribution < 1.29 is 4.74 Å². The fourth-order valence-electron chi connectivity index (χ4n) is 1.15. The second kappa shape index (κ2) is 5.88. The summed E-state index contributed by atoms with van der Waals surface area (Å²) in [5.41, 5.74) is 1.29. The van der Waals surface area contributed by atoms with Gasteiger partial charge in [-0.05, 0) is 30.5 Å². The van der Waals surface area contributed by atoms with Crippen LogP contribution in [0.4, 0.5) is 0 Å². The van der Waals surface area contributed by atoms with E-state index in [1.165, 1.54) is 5.56 Å². The normalized spacial score (nSPS) is 9.07. The lowest BCUT2D eigenvalue weighted by atomic mass is 10.1. The molecule has 0 aliphatic rings. The SMILES string of the molecule is C#CCOc1ccc(CCC=C)cc1. The number of hydrogen-bond acceptors (Lipinski definition) is 1. The lowest BCUT2D eigenvalue weighted by Gasteiger charge is -2.03. The number of terminal acetylenes is 1. The van der Waals surface area contributed by atoms with Gasteiger partial charge in [0.05, 0.1) is 0 Å². The summed E-state index contributed by atoms with van der Waals surface area (Å²) in [6.07, 6.45) is 9.04. The van der Waals surface area contributed by atoms with Crippen molar-refractivity contribution in [1.29, 1.82) is 0 Å². The van der Waals surface area contributed by atoms with Gasteiger partial charge in [0.2, 0.25) is 0 Å². The summed E-state index contributed by atoms with van der Waals surface area (Å²) in [6, 6.07) is 7.98. The van der Waals surface area contributed by atoms with Gasteiger partial charge in [0, 0.05) is 0 Å². The molecule has 0 fully saturated rings. The number of allylic oxidation sites excluding steroid dienone is 1. The molecule has 1 heteroatoms. The van der Waals surface area contributed by atoms with Gasteiger partial charge in [0.1, 0.15) is 12.4 Å². The monoisotopic (exact) mass is 186 g/mol.